The minimum Gasteiger partial charge on any atom is -0.507 e. The van der Waals surface area contributed by atoms with E-state index >= 15 is 0 Å². The Hall–Kier alpha value is -4.18. The number of ether oxygens (including phenoxy) is 3. The van der Waals surface area contributed by atoms with Gasteiger partial charge in [0.05, 0.1) is 37.1 Å². The number of carbonyl (C=O) groups excluding carboxylic acids is 3. The zero-order valence-electron chi connectivity index (χ0n) is 23.6. The Morgan fingerprint density at radius 2 is 1.76 bits per heavy atom. The number of unbranched alkanes of at least 4 members (excludes halogenated alkanes) is 2. The number of aliphatic hydroxyl groups is 1. The third kappa shape index (κ3) is 6.27. The molecule has 10 heteroatoms. The summed E-state index contributed by atoms with van der Waals surface area (Å²) in [5.41, 5.74) is 1.18. The molecule has 1 aliphatic heterocycles. The highest BCUT2D eigenvalue weighted by Crippen LogP contribution is 2.45. The van der Waals surface area contributed by atoms with Crippen LogP contribution in [0.1, 0.15) is 72.6 Å². The smallest absolute Gasteiger partial charge is 0.350 e. The third-order valence-corrected chi connectivity index (χ3v) is 7.67. The Morgan fingerprint density at radius 1 is 1.00 bits per heavy atom. The molecule has 0 aliphatic carbocycles. The summed E-state index contributed by atoms with van der Waals surface area (Å²) in [4.78, 5) is 45.5. The number of rotatable bonds is 12. The van der Waals surface area contributed by atoms with Crippen LogP contribution in [0.5, 0.6) is 11.5 Å². The summed E-state index contributed by atoms with van der Waals surface area (Å²) in [6.45, 7) is 8.38. The molecular weight excluding hydrogens is 544 g/mol. The van der Waals surface area contributed by atoms with E-state index in [-0.39, 0.29) is 27.9 Å². The van der Waals surface area contributed by atoms with Crippen molar-refractivity contribution in [2.24, 2.45) is 0 Å². The fraction of sp³-hybridized carbons (Fsp3) is 0.355. The van der Waals surface area contributed by atoms with Gasteiger partial charge in [-0.3, -0.25) is 14.5 Å². The van der Waals surface area contributed by atoms with Gasteiger partial charge in [-0.25, -0.2) is 9.78 Å². The molecule has 2 heterocycles. The van der Waals surface area contributed by atoms with Crippen LogP contribution in [0.15, 0.2) is 54.1 Å². The number of hydrogen-bond donors (Lipinski definition) is 1. The predicted molar refractivity (Wildman–Crippen MR) is 157 cm³/mol. The van der Waals surface area contributed by atoms with Crippen molar-refractivity contribution in [3.63, 3.8) is 0 Å². The number of aliphatic hydroxyl groups excluding tert-OH is 1. The summed E-state index contributed by atoms with van der Waals surface area (Å²) < 4.78 is 17.0. The molecule has 216 valence electrons. The topological polar surface area (TPSA) is 115 Å². The summed E-state index contributed by atoms with van der Waals surface area (Å²) in [7, 11) is 0. The maximum Gasteiger partial charge on any atom is 0.350 e. The molecule has 3 aromatic rings. The number of nitrogens with zero attached hydrogens (tertiary/aromatic N) is 2. The summed E-state index contributed by atoms with van der Waals surface area (Å²) in [5.74, 6) is -1.60. The van der Waals surface area contributed by atoms with Gasteiger partial charge >= 0.3 is 11.9 Å². The first kappa shape index (κ1) is 29.8. The van der Waals surface area contributed by atoms with E-state index in [2.05, 4.69) is 11.9 Å². The number of aryl methyl sites for hydroxylation is 1. The molecule has 1 unspecified atom stereocenters. The lowest BCUT2D eigenvalue weighted by Crippen LogP contribution is -2.29. The highest BCUT2D eigenvalue weighted by molar-refractivity contribution is 7.17. The highest BCUT2D eigenvalue weighted by Gasteiger charge is 2.48. The zero-order valence-corrected chi connectivity index (χ0v) is 24.5. The Balaban J connectivity index is 1.86. The Kier molecular flexibility index (Phi) is 9.78. The second-order valence-electron chi connectivity index (χ2n) is 9.36. The molecule has 1 atom stereocenters. The second-order valence-corrected chi connectivity index (χ2v) is 10.3. The summed E-state index contributed by atoms with van der Waals surface area (Å²) in [6.07, 6.45) is 3.00. The number of amides is 1. The standard InChI is InChI=1S/C31H34N2O7S/c1-5-8-12-17-40-22-16-15-21(18-23(22)38-6-2)25-24(26(34)20-13-10-9-11-14-20)27(35)29(36)33(25)31-32-19(4)28(41-31)30(37)39-7-3/h9-11,13-16,18,25,34H,5-8,12,17H2,1-4H3/b26-24+. The lowest BCUT2D eigenvalue weighted by atomic mass is 9.95. The molecule has 9 nitrogen and oxygen atoms in total. The van der Waals surface area contributed by atoms with Gasteiger partial charge in [0.2, 0.25) is 0 Å². The summed E-state index contributed by atoms with van der Waals surface area (Å²) in [6, 6.07) is 12.7. The number of anilines is 1. The van der Waals surface area contributed by atoms with Crippen molar-refractivity contribution in [2.45, 2.75) is 53.0 Å². The van der Waals surface area contributed by atoms with Crippen LogP contribution in [0.4, 0.5) is 5.13 Å². The minimum absolute atomic E-state index is 0.0919. The van der Waals surface area contributed by atoms with Crippen LogP contribution >= 0.6 is 11.3 Å². The molecule has 1 N–H and O–H groups in total. The van der Waals surface area contributed by atoms with Crippen LogP contribution in [0.2, 0.25) is 0 Å². The molecule has 1 saturated heterocycles. The zero-order chi connectivity index (χ0) is 29.5. The van der Waals surface area contributed by atoms with Crippen molar-refractivity contribution in [3.05, 3.63) is 75.8 Å². The summed E-state index contributed by atoms with van der Waals surface area (Å²) >= 11 is 0.959. The number of Topliss-reactive ketones (excluding diaryl/α,β-unsaturated/α-hetero) is 1. The molecule has 1 aliphatic rings. The fourth-order valence-corrected chi connectivity index (χ4v) is 5.57. The molecule has 1 amide bonds. The molecular formula is C31H34N2O7S. The maximum atomic E-state index is 13.6. The molecule has 2 aromatic carbocycles. The van der Waals surface area contributed by atoms with Crippen LogP contribution < -0.4 is 14.4 Å². The van der Waals surface area contributed by atoms with E-state index < -0.39 is 23.7 Å². The van der Waals surface area contributed by atoms with E-state index in [0.717, 1.165) is 30.6 Å². The number of thiazole rings is 1. The SMILES string of the molecule is CCCCCOc1ccc(C2/C(=C(\O)c3ccccc3)C(=O)C(=O)N2c2nc(C)c(C(=O)OCC)s2)cc1OCC. The molecule has 0 saturated carbocycles. The first-order valence-corrected chi connectivity index (χ1v) is 14.5. The maximum absolute atomic E-state index is 13.6. The lowest BCUT2D eigenvalue weighted by Gasteiger charge is -2.24. The van der Waals surface area contributed by atoms with Crippen molar-refractivity contribution in [3.8, 4) is 11.5 Å². The van der Waals surface area contributed by atoms with Gasteiger partial charge in [0.25, 0.3) is 5.78 Å². The van der Waals surface area contributed by atoms with Crippen LogP contribution in [0.3, 0.4) is 0 Å². The van der Waals surface area contributed by atoms with Gasteiger partial charge in [0, 0.05) is 5.56 Å². The van der Waals surface area contributed by atoms with Gasteiger partial charge in [-0.1, -0.05) is 67.5 Å². The largest absolute Gasteiger partial charge is 0.507 e. The second kappa shape index (κ2) is 13.5. The van der Waals surface area contributed by atoms with E-state index in [1.165, 1.54) is 4.90 Å². The van der Waals surface area contributed by atoms with E-state index in [1.807, 2.05) is 6.92 Å². The van der Waals surface area contributed by atoms with Gasteiger partial charge in [-0.05, 0) is 44.9 Å². The molecule has 4 rings (SSSR count). The highest BCUT2D eigenvalue weighted by atomic mass is 32.1. The van der Waals surface area contributed by atoms with Crippen LogP contribution in [0, 0.1) is 6.92 Å². The monoisotopic (exact) mass is 578 g/mol. The van der Waals surface area contributed by atoms with Gasteiger partial charge in [0.15, 0.2) is 16.6 Å². The Bertz CT molecular complexity index is 1450. The van der Waals surface area contributed by atoms with Crippen molar-refractivity contribution in [1.29, 1.82) is 0 Å². The lowest BCUT2D eigenvalue weighted by molar-refractivity contribution is -0.132. The average Bonchev–Trinajstić information content (AvgIpc) is 3.48. The van der Waals surface area contributed by atoms with Gasteiger partial charge in [0.1, 0.15) is 10.6 Å². The van der Waals surface area contributed by atoms with Gasteiger partial charge < -0.3 is 19.3 Å². The van der Waals surface area contributed by atoms with Crippen molar-refractivity contribution in [2.75, 3.05) is 24.7 Å². The van der Waals surface area contributed by atoms with E-state index in [0.29, 0.717) is 41.5 Å². The normalized spacial score (nSPS) is 16.2. The third-order valence-electron chi connectivity index (χ3n) is 6.53. The Morgan fingerprint density at radius 3 is 2.44 bits per heavy atom. The number of hydrogen-bond acceptors (Lipinski definition) is 9. The van der Waals surface area contributed by atoms with Gasteiger partial charge in [-0.15, -0.1) is 0 Å². The van der Waals surface area contributed by atoms with Gasteiger partial charge in [-0.2, -0.15) is 0 Å². The molecule has 41 heavy (non-hydrogen) atoms. The average molecular weight is 579 g/mol. The number of ketones is 1. The minimum atomic E-state index is -1.04. The van der Waals surface area contributed by atoms with E-state index in [4.69, 9.17) is 14.2 Å². The number of aromatic nitrogens is 1. The fourth-order valence-electron chi connectivity index (χ4n) is 4.58. The first-order chi connectivity index (χ1) is 19.8. The molecule has 0 bridgehead atoms. The molecule has 0 spiro atoms. The number of esters is 1. The summed E-state index contributed by atoms with van der Waals surface area (Å²) in [5, 5.41) is 11.5. The van der Waals surface area contributed by atoms with Crippen LogP contribution in [-0.2, 0) is 14.3 Å². The predicted octanol–water partition coefficient (Wildman–Crippen LogP) is 6.22. The molecule has 1 aromatic heterocycles. The molecule has 0 radical (unpaired) electrons. The van der Waals surface area contributed by atoms with E-state index in [9.17, 15) is 19.5 Å². The molecule has 1 fully saturated rings. The van der Waals surface area contributed by atoms with Crippen LogP contribution in [0.25, 0.3) is 5.76 Å². The van der Waals surface area contributed by atoms with Crippen molar-refractivity contribution in [1.82, 2.24) is 4.98 Å². The number of benzene rings is 2. The number of carbonyl (C=O) groups is 3. The van der Waals surface area contributed by atoms with E-state index in [1.54, 1.807) is 62.4 Å². The van der Waals surface area contributed by atoms with Crippen molar-refractivity contribution >= 4 is 39.9 Å². The van der Waals surface area contributed by atoms with Crippen molar-refractivity contribution < 1.29 is 33.7 Å². The van der Waals surface area contributed by atoms with Crippen LogP contribution in [-0.4, -0.2) is 47.6 Å². The quantitative estimate of drug-likeness (QED) is 0.0885. The Labute approximate surface area is 243 Å². The first-order valence-electron chi connectivity index (χ1n) is 13.7.